The maximum absolute atomic E-state index is 13.9. The lowest BCUT2D eigenvalue weighted by atomic mass is 10.1. The van der Waals surface area contributed by atoms with Gasteiger partial charge < -0.3 is 9.80 Å². The van der Waals surface area contributed by atoms with Gasteiger partial charge in [-0.05, 0) is 12.1 Å². The van der Waals surface area contributed by atoms with E-state index in [0.29, 0.717) is 0 Å². The van der Waals surface area contributed by atoms with Gasteiger partial charge >= 0.3 is 28.4 Å². The van der Waals surface area contributed by atoms with Crippen LogP contribution in [0.3, 0.4) is 0 Å². The van der Waals surface area contributed by atoms with Crippen molar-refractivity contribution in [2.45, 2.75) is 24.2 Å². The molecule has 0 bridgehead atoms. The summed E-state index contributed by atoms with van der Waals surface area (Å²) in [4.78, 5) is 1.43. The molecule has 1 aromatic rings. The van der Waals surface area contributed by atoms with Crippen LogP contribution in [-0.2, 0) is 14.6 Å². The Morgan fingerprint density at radius 3 is 1.56 bits per heavy atom. The van der Waals surface area contributed by atoms with E-state index in [9.17, 15) is 39.2 Å². The topological polar surface area (TPSA) is 70.1 Å². The van der Waals surface area contributed by atoms with Crippen molar-refractivity contribution < 1.29 is 47.9 Å². The summed E-state index contributed by atoms with van der Waals surface area (Å²) < 4.78 is 121. The summed E-state index contributed by atoms with van der Waals surface area (Å²) in [6.45, 7) is 0. The lowest BCUT2D eigenvalue weighted by molar-refractivity contribution is -0.358. The first-order valence-electron chi connectivity index (χ1n) is 6.89. The van der Waals surface area contributed by atoms with Gasteiger partial charge in [-0.2, -0.15) is 39.2 Å². The molecule has 156 valence electrons. The molecule has 0 unspecified atom stereocenters. The predicted molar refractivity (Wildman–Crippen MR) is 81.5 cm³/mol. The van der Waals surface area contributed by atoms with Crippen molar-refractivity contribution in [1.82, 2.24) is 0 Å². The standard InChI is InChI=1S/C12H11F7N2.CH4O4S/c1-20-7-5-3-4-6-8(7)21(2)9(20)10(13,14)11(15,16)12(17,18)19;1-5-6(2,3)4/h3-6,9H,1-2H3;1H3,(H,2,3,4). The van der Waals surface area contributed by atoms with Crippen LogP contribution in [0, 0.1) is 0 Å². The minimum Gasteiger partial charge on any atom is -0.347 e. The molecule has 1 aliphatic rings. The van der Waals surface area contributed by atoms with E-state index in [-0.39, 0.29) is 11.4 Å². The summed E-state index contributed by atoms with van der Waals surface area (Å²) in [5, 5.41) is 0. The van der Waals surface area contributed by atoms with Crippen molar-refractivity contribution in [3.63, 3.8) is 0 Å². The molecule has 1 heterocycles. The normalized spacial score (nSPS) is 16.1. The molecule has 0 atom stereocenters. The van der Waals surface area contributed by atoms with Gasteiger partial charge in [-0.1, -0.05) is 12.1 Å². The van der Waals surface area contributed by atoms with Gasteiger partial charge in [-0.3, -0.25) is 8.74 Å². The van der Waals surface area contributed by atoms with Crippen molar-refractivity contribution in [3.05, 3.63) is 24.3 Å². The number of nitrogens with zero attached hydrogens (tertiary/aromatic N) is 2. The fourth-order valence-corrected chi connectivity index (χ4v) is 2.42. The molecule has 2 rings (SSSR count). The zero-order chi connectivity index (χ0) is 21.4. The molecule has 0 aromatic heterocycles. The lowest BCUT2D eigenvalue weighted by Crippen LogP contribution is -2.65. The molecule has 6 nitrogen and oxygen atoms in total. The second kappa shape index (κ2) is 7.31. The second-order valence-electron chi connectivity index (χ2n) is 5.37. The van der Waals surface area contributed by atoms with Crippen LogP contribution in [0.1, 0.15) is 0 Å². The number of fused-ring (bicyclic) bond motifs is 1. The number of alkyl halides is 7. The van der Waals surface area contributed by atoms with Crippen molar-refractivity contribution in [1.29, 1.82) is 0 Å². The molecule has 1 aromatic carbocycles. The number of halogens is 7. The first-order chi connectivity index (χ1) is 12.0. The number of benzene rings is 1. The number of rotatable bonds is 3. The van der Waals surface area contributed by atoms with Gasteiger partial charge in [0.2, 0.25) is 0 Å². The zero-order valence-corrected chi connectivity index (χ0v) is 14.8. The SMILES string of the molecule is CN1c2ccccc2N(C)C1C(F)(F)C(F)(F)C(F)(F)F.COS(=O)(=O)O. The average molecular weight is 428 g/mol. The van der Waals surface area contributed by atoms with E-state index in [1.54, 1.807) is 0 Å². The molecule has 27 heavy (non-hydrogen) atoms. The Morgan fingerprint density at radius 2 is 1.30 bits per heavy atom. The smallest absolute Gasteiger partial charge is 0.347 e. The molecule has 0 radical (unpaired) electrons. The van der Waals surface area contributed by atoms with Gasteiger partial charge in [0.25, 0.3) is 0 Å². The molecule has 0 aliphatic carbocycles. The van der Waals surface area contributed by atoms with Gasteiger partial charge in [-0.15, -0.1) is 0 Å². The highest BCUT2D eigenvalue weighted by Gasteiger charge is 2.77. The van der Waals surface area contributed by atoms with Gasteiger partial charge in [0.05, 0.1) is 18.5 Å². The van der Waals surface area contributed by atoms with Gasteiger partial charge in [0.1, 0.15) is 0 Å². The van der Waals surface area contributed by atoms with Crippen LogP contribution >= 0.6 is 0 Å². The summed E-state index contributed by atoms with van der Waals surface area (Å²) >= 11 is 0. The number of anilines is 2. The third-order valence-electron chi connectivity index (χ3n) is 3.68. The molecule has 0 fully saturated rings. The summed E-state index contributed by atoms with van der Waals surface area (Å²) in [5.41, 5.74) is 0.310. The van der Waals surface area contributed by atoms with Crippen molar-refractivity contribution in [2.24, 2.45) is 0 Å². The molecule has 0 saturated carbocycles. The molecule has 1 aliphatic heterocycles. The van der Waals surface area contributed by atoms with Crippen LogP contribution in [0.2, 0.25) is 0 Å². The highest BCUT2D eigenvalue weighted by Crippen LogP contribution is 2.52. The first-order valence-corrected chi connectivity index (χ1v) is 8.25. The van der Waals surface area contributed by atoms with Crippen molar-refractivity contribution >= 4 is 21.8 Å². The van der Waals surface area contributed by atoms with E-state index in [0.717, 1.165) is 31.0 Å². The Labute approximate surface area is 150 Å². The molecule has 0 amide bonds. The van der Waals surface area contributed by atoms with Crippen molar-refractivity contribution in [3.8, 4) is 0 Å². The maximum atomic E-state index is 13.9. The predicted octanol–water partition coefficient (Wildman–Crippen LogP) is 3.17. The monoisotopic (exact) mass is 428 g/mol. The Balaban J connectivity index is 0.000000527. The van der Waals surface area contributed by atoms with Crippen LogP contribution in [0.15, 0.2) is 24.3 Å². The summed E-state index contributed by atoms with van der Waals surface area (Å²) in [5.74, 6) is -11.5. The van der Waals surface area contributed by atoms with E-state index in [2.05, 4.69) is 4.18 Å². The third-order valence-corrected chi connectivity index (χ3v) is 4.11. The van der Waals surface area contributed by atoms with Crippen LogP contribution in [0.4, 0.5) is 42.1 Å². The molecule has 14 heteroatoms. The average Bonchev–Trinajstić information content (AvgIpc) is 2.78. The van der Waals surface area contributed by atoms with Gasteiger partial charge in [-0.25, -0.2) is 0 Å². The van der Waals surface area contributed by atoms with Crippen LogP contribution < -0.4 is 9.80 Å². The molecule has 0 spiro atoms. The van der Waals surface area contributed by atoms with Crippen LogP contribution in [0.25, 0.3) is 0 Å². The zero-order valence-electron chi connectivity index (χ0n) is 14.0. The molecular formula is C13H15F7N2O4S. The fourth-order valence-electron chi connectivity index (χ4n) is 2.42. The molecule has 0 saturated heterocycles. The van der Waals surface area contributed by atoms with Gasteiger partial charge in [0, 0.05) is 14.1 Å². The highest BCUT2D eigenvalue weighted by atomic mass is 32.3. The lowest BCUT2D eigenvalue weighted by Gasteiger charge is -2.38. The third kappa shape index (κ3) is 4.38. The van der Waals surface area contributed by atoms with Crippen molar-refractivity contribution in [2.75, 3.05) is 31.0 Å². The Bertz CT molecular complexity index is 741. The summed E-state index contributed by atoms with van der Waals surface area (Å²) in [7, 11) is -1.19. The quantitative estimate of drug-likeness (QED) is 0.589. The first kappa shape index (κ1) is 23.2. The van der Waals surface area contributed by atoms with Crippen LogP contribution in [-0.4, -0.2) is 58.4 Å². The van der Waals surface area contributed by atoms with E-state index in [1.807, 2.05) is 0 Å². The minimum atomic E-state index is -6.34. The van der Waals surface area contributed by atoms with E-state index >= 15 is 0 Å². The van der Waals surface area contributed by atoms with E-state index in [1.165, 1.54) is 24.3 Å². The molecular weight excluding hydrogens is 413 g/mol. The fraction of sp³-hybridized carbons (Fsp3) is 0.538. The number of hydrogen-bond acceptors (Lipinski definition) is 5. The van der Waals surface area contributed by atoms with E-state index in [4.69, 9.17) is 4.55 Å². The summed E-state index contributed by atoms with van der Waals surface area (Å²) in [6, 6.07) is 5.69. The number of hydrogen-bond donors (Lipinski definition) is 1. The largest absolute Gasteiger partial charge is 0.460 e. The van der Waals surface area contributed by atoms with Crippen LogP contribution in [0.5, 0.6) is 0 Å². The Hall–Kier alpha value is -1.80. The number of para-hydroxylation sites is 2. The summed E-state index contributed by atoms with van der Waals surface area (Å²) in [6.07, 6.45) is -8.78. The Kier molecular flexibility index (Phi) is 6.30. The van der Waals surface area contributed by atoms with Gasteiger partial charge in [0.15, 0.2) is 6.17 Å². The second-order valence-corrected chi connectivity index (χ2v) is 6.56. The Morgan fingerprint density at radius 1 is 0.963 bits per heavy atom. The maximum Gasteiger partial charge on any atom is 0.460 e. The van der Waals surface area contributed by atoms with E-state index < -0.39 is 34.6 Å². The molecule has 1 N–H and O–H groups in total. The highest BCUT2D eigenvalue weighted by molar-refractivity contribution is 7.80. The minimum absolute atomic E-state index is 0.155.